The maximum atomic E-state index is 12.7. The Hall–Kier alpha value is -3.64. The highest BCUT2D eigenvalue weighted by atomic mass is 35.5. The Morgan fingerprint density at radius 3 is 2.38 bits per heavy atom. The number of halogens is 1. The summed E-state index contributed by atoms with van der Waals surface area (Å²) in [6.07, 6.45) is 0.167. The van der Waals surface area contributed by atoms with Crippen molar-refractivity contribution in [3.63, 3.8) is 0 Å². The van der Waals surface area contributed by atoms with E-state index in [4.69, 9.17) is 11.6 Å². The monoisotopic (exact) mass is 447 g/mol. The molecule has 1 aliphatic rings. The predicted octanol–water partition coefficient (Wildman–Crippen LogP) is 4.89. The molecule has 3 aromatic carbocycles. The molecule has 1 heterocycles. The van der Waals surface area contributed by atoms with Gasteiger partial charge in [-0.1, -0.05) is 35.9 Å². The molecule has 1 saturated heterocycles. The van der Waals surface area contributed by atoms with E-state index in [0.717, 1.165) is 11.3 Å². The molecule has 1 fully saturated rings. The molecule has 0 radical (unpaired) electrons. The van der Waals surface area contributed by atoms with E-state index in [2.05, 4.69) is 10.6 Å². The third kappa shape index (κ3) is 4.65. The van der Waals surface area contributed by atoms with Crippen LogP contribution in [-0.4, -0.2) is 24.3 Å². The maximum Gasteiger partial charge on any atom is 0.255 e. The molecule has 1 aliphatic heterocycles. The molecule has 2 N–H and O–H groups in total. The minimum atomic E-state index is -0.434. The standard InChI is InChI=1S/C25H22ClN3O3/c1-16-21(26)8-5-9-22(16)28-24(31)17-10-12-19(13-11-17)27-25(32)18-14-23(30)29(15-18)20-6-3-2-4-7-20/h2-13,18H,14-15H2,1H3,(H,27,32)(H,28,31). The molecule has 4 rings (SSSR count). The molecule has 3 amide bonds. The van der Waals surface area contributed by atoms with Crippen LogP contribution in [0.15, 0.2) is 72.8 Å². The van der Waals surface area contributed by atoms with Gasteiger partial charge in [0.25, 0.3) is 5.91 Å². The van der Waals surface area contributed by atoms with Crippen molar-refractivity contribution in [1.29, 1.82) is 0 Å². The van der Waals surface area contributed by atoms with Gasteiger partial charge in [-0.25, -0.2) is 0 Å². The van der Waals surface area contributed by atoms with Crippen molar-refractivity contribution in [3.05, 3.63) is 88.9 Å². The van der Waals surface area contributed by atoms with Crippen molar-refractivity contribution in [2.75, 3.05) is 22.1 Å². The fourth-order valence-corrected chi connectivity index (χ4v) is 3.80. The van der Waals surface area contributed by atoms with Crippen LogP contribution in [0.4, 0.5) is 17.1 Å². The molecule has 0 saturated carbocycles. The van der Waals surface area contributed by atoms with Crippen molar-refractivity contribution in [3.8, 4) is 0 Å². The van der Waals surface area contributed by atoms with Crippen LogP contribution < -0.4 is 15.5 Å². The minimum Gasteiger partial charge on any atom is -0.326 e. The first-order valence-corrected chi connectivity index (χ1v) is 10.6. The van der Waals surface area contributed by atoms with Crippen molar-refractivity contribution in [1.82, 2.24) is 0 Å². The first kappa shape index (κ1) is 21.6. The molecule has 7 heteroatoms. The molecule has 0 bridgehead atoms. The SMILES string of the molecule is Cc1c(Cl)cccc1NC(=O)c1ccc(NC(=O)C2CC(=O)N(c3ccccc3)C2)cc1. The minimum absolute atomic E-state index is 0.0697. The molecule has 1 unspecified atom stereocenters. The van der Waals surface area contributed by atoms with Crippen LogP contribution >= 0.6 is 11.6 Å². The van der Waals surface area contributed by atoms with Crippen molar-refractivity contribution in [2.24, 2.45) is 5.92 Å². The van der Waals surface area contributed by atoms with E-state index in [-0.39, 0.29) is 24.1 Å². The number of para-hydroxylation sites is 1. The van der Waals surface area contributed by atoms with Gasteiger partial charge >= 0.3 is 0 Å². The Balaban J connectivity index is 1.37. The summed E-state index contributed by atoms with van der Waals surface area (Å²) in [4.78, 5) is 39.2. The Kier molecular flexibility index (Phi) is 6.23. The lowest BCUT2D eigenvalue weighted by Crippen LogP contribution is -2.28. The fourth-order valence-electron chi connectivity index (χ4n) is 3.63. The van der Waals surface area contributed by atoms with E-state index in [1.165, 1.54) is 0 Å². The van der Waals surface area contributed by atoms with E-state index in [1.807, 2.05) is 37.3 Å². The molecule has 0 aliphatic carbocycles. The van der Waals surface area contributed by atoms with Crippen LogP contribution in [0.5, 0.6) is 0 Å². The number of carbonyl (C=O) groups is 3. The van der Waals surface area contributed by atoms with Gasteiger partial charge in [-0.15, -0.1) is 0 Å². The fraction of sp³-hybridized carbons (Fsp3) is 0.160. The summed E-state index contributed by atoms with van der Waals surface area (Å²) in [5, 5.41) is 6.27. The maximum absolute atomic E-state index is 12.7. The second kappa shape index (κ2) is 9.24. The lowest BCUT2D eigenvalue weighted by molar-refractivity contribution is -0.122. The Bertz CT molecular complexity index is 1160. The van der Waals surface area contributed by atoms with E-state index in [9.17, 15) is 14.4 Å². The van der Waals surface area contributed by atoms with Gasteiger partial charge in [0.2, 0.25) is 11.8 Å². The van der Waals surface area contributed by atoms with Gasteiger partial charge in [-0.2, -0.15) is 0 Å². The second-order valence-corrected chi connectivity index (χ2v) is 8.08. The predicted molar refractivity (Wildman–Crippen MR) is 126 cm³/mol. The number of nitrogens with one attached hydrogen (secondary N) is 2. The number of rotatable bonds is 5. The van der Waals surface area contributed by atoms with Crippen LogP contribution in [0, 0.1) is 12.8 Å². The topological polar surface area (TPSA) is 78.5 Å². The van der Waals surface area contributed by atoms with Gasteiger partial charge in [-0.3, -0.25) is 14.4 Å². The molecular formula is C25H22ClN3O3. The second-order valence-electron chi connectivity index (χ2n) is 7.67. The number of carbonyl (C=O) groups excluding carboxylic acids is 3. The van der Waals surface area contributed by atoms with Gasteiger partial charge in [0.05, 0.1) is 5.92 Å². The van der Waals surface area contributed by atoms with Gasteiger partial charge < -0.3 is 15.5 Å². The van der Waals surface area contributed by atoms with E-state index in [1.54, 1.807) is 47.4 Å². The van der Waals surface area contributed by atoms with Gasteiger partial charge in [0, 0.05) is 40.6 Å². The molecule has 32 heavy (non-hydrogen) atoms. The number of benzene rings is 3. The van der Waals surface area contributed by atoms with Crippen LogP contribution in [-0.2, 0) is 9.59 Å². The molecule has 6 nitrogen and oxygen atoms in total. The molecular weight excluding hydrogens is 426 g/mol. The summed E-state index contributed by atoms with van der Waals surface area (Å²) < 4.78 is 0. The third-order valence-electron chi connectivity index (χ3n) is 5.49. The summed E-state index contributed by atoms with van der Waals surface area (Å²) in [5.41, 5.74) is 3.25. The molecule has 162 valence electrons. The zero-order valence-electron chi connectivity index (χ0n) is 17.5. The summed E-state index contributed by atoms with van der Waals surface area (Å²) in [6.45, 7) is 2.18. The van der Waals surface area contributed by atoms with E-state index in [0.29, 0.717) is 28.5 Å². The Labute approximate surface area is 191 Å². The molecule has 0 spiro atoms. The number of hydrogen-bond donors (Lipinski definition) is 2. The lowest BCUT2D eigenvalue weighted by atomic mass is 10.1. The third-order valence-corrected chi connectivity index (χ3v) is 5.90. The van der Waals surface area contributed by atoms with Gasteiger partial charge in [0.15, 0.2) is 0 Å². The van der Waals surface area contributed by atoms with Gasteiger partial charge in [-0.05, 0) is 61.0 Å². The summed E-state index contributed by atoms with van der Waals surface area (Å²) in [6, 6.07) is 21.3. The smallest absolute Gasteiger partial charge is 0.255 e. The number of hydrogen-bond acceptors (Lipinski definition) is 3. The normalized spacial score (nSPS) is 15.5. The summed E-state index contributed by atoms with van der Waals surface area (Å²) in [7, 11) is 0. The Morgan fingerprint density at radius 1 is 0.938 bits per heavy atom. The van der Waals surface area contributed by atoms with Crippen LogP contribution in [0.2, 0.25) is 5.02 Å². The highest BCUT2D eigenvalue weighted by molar-refractivity contribution is 6.31. The van der Waals surface area contributed by atoms with Crippen LogP contribution in [0.25, 0.3) is 0 Å². The molecule has 0 aromatic heterocycles. The largest absolute Gasteiger partial charge is 0.326 e. The zero-order valence-corrected chi connectivity index (χ0v) is 18.2. The zero-order chi connectivity index (χ0) is 22.7. The van der Waals surface area contributed by atoms with E-state index < -0.39 is 5.92 Å². The van der Waals surface area contributed by atoms with Gasteiger partial charge in [0.1, 0.15) is 0 Å². The highest BCUT2D eigenvalue weighted by Crippen LogP contribution is 2.26. The first-order valence-electron chi connectivity index (χ1n) is 10.2. The lowest BCUT2D eigenvalue weighted by Gasteiger charge is -2.16. The average molecular weight is 448 g/mol. The highest BCUT2D eigenvalue weighted by Gasteiger charge is 2.35. The number of nitrogens with zero attached hydrogens (tertiary/aromatic N) is 1. The number of amides is 3. The number of anilines is 3. The summed E-state index contributed by atoms with van der Waals surface area (Å²) >= 11 is 6.10. The van der Waals surface area contributed by atoms with Crippen LogP contribution in [0.3, 0.4) is 0 Å². The Morgan fingerprint density at radius 2 is 1.66 bits per heavy atom. The average Bonchev–Trinajstić information content (AvgIpc) is 3.20. The van der Waals surface area contributed by atoms with Crippen molar-refractivity contribution < 1.29 is 14.4 Å². The quantitative estimate of drug-likeness (QED) is 0.584. The van der Waals surface area contributed by atoms with E-state index >= 15 is 0 Å². The summed E-state index contributed by atoms with van der Waals surface area (Å²) in [5.74, 6) is -0.993. The first-order chi connectivity index (χ1) is 15.4. The van der Waals surface area contributed by atoms with Crippen molar-refractivity contribution in [2.45, 2.75) is 13.3 Å². The van der Waals surface area contributed by atoms with Crippen LogP contribution in [0.1, 0.15) is 22.3 Å². The van der Waals surface area contributed by atoms with Crippen molar-refractivity contribution >= 4 is 46.4 Å². The molecule has 3 aromatic rings. The molecule has 1 atom stereocenters.